The zero-order valence-electron chi connectivity index (χ0n) is 9.26. The van der Waals surface area contributed by atoms with Crippen molar-refractivity contribution in [2.75, 3.05) is 0 Å². The fourth-order valence-corrected chi connectivity index (χ4v) is 2.79. The van der Waals surface area contributed by atoms with Gasteiger partial charge in [-0.2, -0.15) is 0 Å². The average molecular weight is 250 g/mol. The van der Waals surface area contributed by atoms with Crippen LogP contribution >= 0.6 is 0 Å². The zero-order valence-corrected chi connectivity index (χ0v) is 10.1. The summed E-state index contributed by atoms with van der Waals surface area (Å²) in [4.78, 5) is 0.245. The molecular weight excluding hydrogens is 236 g/mol. The number of allylic oxidation sites excluding steroid dienone is 3. The molecule has 0 amide bonds. The van der Waals surface area contributed by atoms with Crippen LogP contribution in [0.3, 0.4) is 0 Å². The Kier molecular flexibility index (Phi) is 3.19. The van der Waals surface area contributed by atoms with Gasteiger partial charge in [-0.1, -0.05) is 24.3 Å². The minimum absolute atomic E-state index is 0.245. The molecule has 2 rings (SSSR count). The summed E-state index contributed by atoms with van der Waals surface area (Å²) in [6, 6.07) is 8.26. The molecule has 0 fully saturated rings. The molecule has 0 aliphatic heterocycles. The Bertz CT molecular complexity index is 559. The van der Waals surface area contributed by atoms with E-state index in [9.17, 15) is 8.42 Å². The molecule has 4 nitrogen and oxygen atoms in total. The lowest BCUT2D eigenvalue weighted by Crippen LogP contribution is -2.26. The van der Waals surface area contributed by atoms with Crippen LogP contribution in [-0.4, -0.2) is 8.42 Å². The van der Waals surface area contributed by atoms with E-state index in [1.54, 1.807) is 36.4 Å². The van der Waals surface area contributed by atoms with Crippen molar-refractivity contribution in [3.8, 4) is 0 Å². The molecule has 0 unspecified atom stereocenters. The molecule has 0 radical (unpaired) electrons. The molecule has 1 aliphatic carbocycles. The summed E-state index contributed by atoms with van der Waals surface area (Å²) in [6.45, 7) is 0. The molecule has 0 saturated carbocycles. The summed E-state index contributed by atoms with van der Waals surface area (Å²) in [5, 5.41) is 0. The summed E-state index contributed by atoms with van der Waals surface area (Å²) in [7, 11) is -3.51. The highest BCUT2D eigenvalue weighted by atomic mass is 32.2. The Morgan fingerprint density at radius 3 is 2.53 bits per heavy atom. The predicted octanol–water partition coefficient (Wildman–Crippen LogP) is 1.49. The number of sulfonamides is 1. The van der Waals surface area contributed by atoms with E-state index in [0.29, 0.717) is 17.8 Å². The van der Waals surface area contributed by atoms with Crippen molar-refractivity contribution in [1.82, 2.24) is 4.72 Å². The van der Waals surface area contributed by atoms with Crippen molar-refractivity contribution >= 4 is 10.0 Å². The monoisotopic (exact) mass is 250 g/mol. The Labute approximate surface area is 101 Å². The van der Waals surface area contributed by atoms with Gasteiger partial charge in [-0.3, -0.25) is 4.72 Å². The first-order valence-electron chi connectivity index (χ1n) is 5.32. The molecule has 0 atom stereocenters. The van der Waals surface area contributed by atoms with Gasteiger partial charge in [-0.05, 0) is 31.1 Å². The maximum absolute atomic E-state index is 12.0. The second-order valence-corrected chi connectivity index (χ2v) is 5.48. The summed E-state index contributed by atoms with van der Waals surface area (Å²) in [5.41, 5.74) is 6.78. The predicted molar refractivity (Wildman–Crippen MR) is 66.4 cm³/mol. The minimum Gasteiger partial charge on any atom is -0.397 e. The van der Waals surface area contributed by atoms with Crippen LogP contribution in [0.15, 0.2) is 58.8 Å². The third-order valence-electron chi connectivity index (χ3n) is 2.52. The van der Waals surface area contributed by atoms with Crippen molar-refractivity contribution < 1.29 is 8.42 Å². The van der Waals surface area contributed by atoms with Gasteiger partial charge in [0, 0.05) is 5.70 Å². The van der Waals surface area contributed by atoms with Gasteiger partial charge in [0.25, 0.3) is 10.0 Å². The summed E-state index contributed by atoms with van der Waals surface area (Å²) < 4.78 is 26.6. The van der Waals surface area contributed by atoms with E-state index in [1.807, 2.05) is 6.08 Å². The number of benzene rings is 1. The van der Waals surface area contributed by atoms with E-state index in [-0.39, 0.29) is 4.90 Å². The Morgan fingerprint density at radius 1 is 1.18 bits per heavy atom. The molecule has 5 heteroatoms. The number of nitrogens with one attached hydrogen (secondary N) is 1. The summed E-state index contributed by atoms with van der Waals surface area (Å²) >= 11 is 0. The smallest absolute Gasteiger partial charge is 0.261 e. The second kappa shape index (κ2) is 4.63. The van der Waals surface area contributed by atoms with Gasteiger partial charge in [-0.25, -0.2) is 8.42 Å². The van der Waals surface area contributed by atoms with Gasteiger partial charge < -0.3 is 5.73 Å². The molecule has 90 valence electrons. The molecule has 0 spiro atoms. The lowest BCUT2D eigenvalue weighted by molar-refractivity contribution is 0.586. The van der Waals surface area contributed by atoms with E-state index >= 15 is 0 Å². The van der Waals surface area contributed by atoms with Crippen molar-refractivity contribution in [3.63, 3.8) is 0 Å². The van der Waals surface area contributed by atoms with Crippen LogP contribution in [-0.2, 0) is 10.0 Å². The van der Waals surface area contributed by atoms with Crippen LogP contribution < -0.4 is 10.5 Å². The highest BCUT2D eigenvalue weighted by Gasteiger charge is 2.16. The lowest BCUT2D eigenvalue weighted by Gasteiger charge is -2.15. The normalized spacial score (nSPS) is 16.0. The van der Waals surface area contributed by atoms with E-state index in [2.05, 4.69) is 4.72 Å². The summed E-state index contributed by atoms with van der Waals surface area (Å²) in [6.07, 6.45) is 5.07. The molecule has 0 bridgehead atoms. The molecule has 17 heavy (non-hydrogen) atoms. The largest absolute Gasteiger partial charge is 0.397 e. The van der Waals surface area contributed by atoms with Crippen molar-refractivity contribution in [1.29, 1.82) is 0 Å². The van der Waals surface area contributed by atoms with Gasteiger partial charge in [0.2, 0.25) is 0 Å². The first kappa shape index (κ1) is 11.7. The fraction of sp³-hybridized carbons (Fsp3) is 0.167. The highest BCUT2D eigenvalue weighted by Crippen LogP contribution is 2.16. The van der Waals surface area contributed by atoms with Crippen LogP contribution in [0, 0.1) is 0 Å². The van der Waals surface area contributed by atoms with Gasteiger partial charge >= 0.3 is 0 Å². The van der Waals surface area contributed by atoms with Gasteiger partial charge in [0.1, 0.15) is 0 Å². The molecule has 3 N–H and O–H groups in total. The van der Waals surface area contributed by atoms with E-state index in [0.717, 1.165) is 6.42 Å². The topological polar surface area (TPSA) is 72.2 Å². The number of hydrogen-bond acceptors (Lipinski definition) is 3. The van der Waals surface area contributed by atoms with Gasteiger partial charge in [0.15, 0.2) is 0 Å². The third kappa shape index (κ3) is 2.68. The van der Waals surface area contributed by atoms with Crippen LogP contribution in [0.4, 0.5) is 0 Å². The molecule has 1 aliphatic rings. The van der Waals surface area contributed by atoms with Crippen LogP contribution in [0.5, 0.6) is 0 Å². The Morgan fingerprint density at radius 2 is 1.88 bits per heavy atom. The fourth-order valence-electron chi connectivity index (χ4n) is 1.61. The SMILES string of the molecule is NC1=C(NS(=O)(=O)c2ccccc2)CCC=C1. The number of nitrogens with two attached hydrogens (primary N) is 1. The van der Waals surface area contributed by atoms with Crippen LogP contribution in [0.1, 0.15) is 12.8 Å². The first-order valence-corrected chi connectivity index (χ1v) is 6.81. The molecule has 0 saturated heterocycles. The Hall–Kier alpha value is -1.75. The standard InChI is InChI=1S/C12H14N2O2S/c13-11-8-4-5-9-12(11)14-17(15,16)10-6-2-1-3-7-10/h1-4,6-8,14H,5,9,13H2. The molecule has 0 aromatic heterocycles. The Balaban J connectivity index is 2.27. The van der Waals surface area contributed by atoms with Gasteiger partial charge in [0.05, 0.1) is 10.6 Å². The highest BCUT2D eigenvalue weighted by molar-refractivity contribution is 7.89. The van der Waals surface area contributed by atoms with Gasteiger partial charge in [-0.15, -0.1) is 0 Å². The third-order valence-corrected chi connectivity index (χ3v) is 3.93. The van der Waals surface area contributed by atoms with Crippen molar-refractivity contribution in [3.05, 3.63) is 53.9 Å². The van der Waals surface area contributed by atoms with E-state index < -0.39 is 10.0 Å². The maximum Gasteiger partial charge on any atom is 0.261 e. The molecule has 0 heterocycles. The number of hydrogen-bond donors (Lipinski definition) is 2. The quantitative estimate of drug-likeness (QED) is 0.853. The maximum atomic E-state index is 12.0. The molecular formula is C12H14N2O2S. The van der Waals surface area contributed by atoms with Crippen LogP contribution in [0.25, 0.3) is 0 Å². The second-order valence-electron chi connectivity index (χ2n) is 3.79. The number of rotatable bonds is 3. The lowest BCUT2D eigenvalue weighted by atomic mass is 10.1. The minimum atomic E-state index is -3.51. The zero-order chi connectivity index (χ0) is 12.3. The van der Waals surface area contributed by atoms with Crippen molar-refractivity contribution in [2.45, 2.75) is 17.7 Å². The van der Waals surface area contributed by atoms with Crippen LogP contribution in [0.2, 0.25) is 0 Å². The summed E-state index contributed by atoms with van der Waals surface area (Å²) in [5.74, 6) is 0. The molecule has 1 aromatic carbocycles. The van der Waals surface area contributed by atoms with E-state index in [1.165, 1.54) is 0 Å². The first-order chi connectivity index (χ1) is 8.09. The molecule has 1 aromatic rings. The van der Waals surface area contributed by atoms with Crippen molar-refractivity contribution in [2.24, 2.45) is 5.73 Å². The average Bonchev–Trinajstić information content (AvgIpc) is 2.33. The van der Waals surface area contributed by atoms with E-state index in [4.69, 9.17) is 5.73 Å².